The zero-order valence-corrected chi connectivity index (χ0v) is 17.1. The van der Waals surface area contributed by atoms with Gasteiger partial charge in [0.1, 0.15) is 18.2 Å². The molecule has 7 heteroatoms. The summed E-state index contributed by atoms with van der Waals surface area (Å²) in [6.45, 7) is 2.80. The Morgan fingerprint density at radius 2 is 2.07 bits per heavy atom. The van der Waals surface area contributed by atoms with Gasteiger partial charge in [0.05, 0.1) is 27.3 Å². The van der Waals surface area contributed by atoms with E-state index in [0.29, 0.717) is 34.6 Å². The number of rotatable bonds is 3. The third-order valence-corrected chi connectivity index (χ3v) is 6.15. The fourth-order valence-corrected chi connectivity index (χ4v) is 4.26. The van der Waals surface area contributed by atoms with Crippen LogP contribution < -0.4 is 9.47 Å². The number of ketones is 1. The maximum atomic E-state index is 12.9. The summed E-state index contributed by atoms with van der Waals surface area (Å²) >= 11 is 12.1. The lowest BCUT2D eigenvalue weighted by atomic mass is 10.0. The van der Waals surface area contributed by atoms with Gasteiger partial charge in [-0.3, -0.25) is 9.69 Å². The third kappa shape index (κ3) is 3.64. The van der Waals surface area contributed by atoms with E-state index in [1.165, 1.54) is 0 Å². The first kappa shape index (κ1) is 18.9. The van der Waals surface area contributed by atoms with Crippen LogP contribution in [0, 0.1) is 0 Å². The maximum absolute atomic E-state index is 12.9. The SMILES string of the molecule is O=C1/C(=C/c2ccc(Cl)c(Cl)c2)Oc2c1ccc1c2CN(CC2CCCO2)CO1. The summed E-state index contributed by atoms with van der Waals surface area (Å²) in [5.74, 6) is 1.46. The standard InChI is InChI=1S/C22H19Cl2NO4/c23-17-5-3-13(8-18(17)24)9-20-21(26)15-4-6-19-16(22(15)29-20)11-25(12-28-19)10-14-2-1-7-27-14/h3-6,8-9,14H,1-2,7,10-12H2/b20-9-. The summed E-state index contributed by atoms with van der Waals surface area (Å²) in [4.78, 5) is 15.1. The van der Waals surface area contributed by atoms with Gasteiger partial charge in [-0.25, -0.2) is 0 Å². The number of hydrogen-bond acceptors (Lipinski definition) is 5. The molecule has 2 aromatic carbocycles. The number of carbonyl (C=O) groups excluding carboxylic acids is 1. The van der Waals surface area contributed by atoms with Crippen LogP contribution in [0.1, 0.15) is 34.3 Å². The molecule has 2 aromatic rings. The van der Waals surface area contributed by atoms with E-state index in [-0.39, 0.29) is 17.6 Å². The fraction of sp³-hybridized carbons (Fsp3) is 0.318. The van der Waals surface area contributed by atoms with Crippen molar-refractivity contribution < 1.29 is 19.0 Å². The van der Waals surface area contributed by atoms with Crippen LogP contribution in [-0.2, 0) is 11.3 Å². The Balaban J connectivity index is 1.41. The highest BCUT2D eigenvalue weighted by Gasteiger charge is 2.34. The molecule has 0 saturated carbocycles. The predicted molar refractivity (Wildman–Crippen MR) is 111 cm³/mol. The van der Waals surface area contributed by atoms with Crippen LogP contribution >= 0.6 is 23.2 Å². The van der Waals surface area contributed by atoms with Crippen LogP contribution in [0.15, 0.2) is 36.1 Å². The van der Waals surface area contributed by atoms with E-state index in [1.807, 2.05) is 6.07 Å². The summed E-state index contributed by atoms with van der Waals surface area (Å²) in [6, 6.07) is 8.81. The molecule has 3 aliphatic heterocycles. The van der Waals surface area contributed by atoms with Crippen LogP contribution in [0.25, 0.3) is 6.08 Å². The zero-order chi connectivity index (χ0) is 20.0. The molecule has 0 radical (unpaired) electrons. The Hall–Kier alpha value is -2.05. The topological polar surface area (TPSA) is 48.0 Å². The average Bonchev–Trinajstić information content (AvgIpc) is 3.33. The number of nitrogens with zero attached hydrogens (tertiary/aromatic N) is 1. The minimum atomic E-state index is -0.148. The van der Waals surface area contributed by atoms with Crippen molar-refractivity contribution in [1.29, 1.82) is 0 Å². The van der Waals surface area contributed by atoms with Gasteiger partial charge >= 0.3 is 0 Å². The maximum Gasteiger partial charge on any atom is 0.231 e. The molecule has 1 unspecified atom stereocenters. The molecule has 3 heterocycles. The second-order valence-corrected chi connectivity index (χ2v) is 8.27. The van der Waals surface area contributed by atoms with Gasteiger partial charge in [-0.15, -0.1) is 0 Å². The molecular formula is C22H19Cl2NO4. The van der Waals surface area contributed by atoms with Gasteiger partial charge < -0.3 is 14.2 Å². The summed E-state index contributed by atoms with van der Waals surface area (Å²) < 4.78 is 17.7. The van der Waals surface area contributed by atoms with Crippen LogP contribution in [-0.4, -0.2) is 36.7 Å². The molecule has 1 fully saturated rings. The van der Waals surface area contributed by atoms with Crippen LogP contribution in [0.4, 0.5) is 0 Å². The van der Waals surface area contributed by atoms with Gasteiger partial charge in [-0.2, -0.15) is 0 Å². The Kier molecular flexibility index (Phi) is 5.00. The van der Waals surface area contributed by atoms with E-state index in [9.17, 15) is 4.79 Å². The van der Waals surface area contributed by atoms with E-state index in [0.717, 1.165) is 42.9 Å². The molecule has 0 aliphatic carbocycles. The number of ether oxygens (including phenoxy) is 3. The van der Waals surface area contributed by atoms with E-state index in [4.69, 9.17) is 37.4 Å². The summed E-state index contributed by atoms with van der Waals surface area (Å²) in [5, 5.41) is 0.896. The molecule has 1 atom stereocenters. The highest BCUT2D eigenvalue weighted by molar-refractivity contribution is 6.42. The highest BCUT2D eigenvalue weighted by atomic mass is 35.5. The Labute approximate surface area is 178 Å². The first-order chi connectivity index (χ1) is 14.1. The van der Waals surface area contributed by atoms with Crippen molar-refractivity contribution in [2.75, 3.05) is 19.9 Å². The van der Waals surface area contributed by atoms with Gasteiger partial charge in [-0.1, -0.05) is 29.3 Å². The van der Waals surface area contributed by atoms with E-state index < -0.39 is 0 Å². The largest absolute Gasteiger partial charge is 0.478 e. The summed E-state index contributed by atoms with van der Waals surface area (Å²) in [6.07, 6.45) is 4.10. The molecule has 0 spiro atoms. The molecule has 29 heavy (non-hydrogen) atoms. The predicted octanol–water partition coefficient (Wildman–Crippen LogP) is 4.94. The number of carbonyl (C=O) groups is 1. The van der Waals surface area contributed by atoms with Crippen molar-refractivity contribution in [1.82, 2.24) is 4.90 Å². The summed E-state index contributed by atoms with van der Waals surface area (Å²) in [5.41, 5.74) is 2.20. The van der Waals surface area contributed by atoms with Crippen molar-refractivity contribution in [3.8, 4) is 11.5 Å². The minimum Gasteiger partial charge on any atom is -0.478 e. The number of allylic oxidation sites excluding steroid dienone is 1. The third-order valence-electron chi connectivity index (χ3n) is 5.41. The van der Waals surface area contributed by atoms with Gasteiger partial charge in [0.25, 0.3) is 0 Å². The van der Waals surface area contributed by atoms with E-state index in [1.54, 1.807) is 30.3 Å². The van der Waals surface area contributed by atoms with Crippen molar-refractivity contribution in [2.24, 2.45) is 0 Å². The van der Waals surface area contributed by atoms with Crippen molar-refractivity contribution in [3.05, 3.63) is 62.8 Å². The number of benzene rings is 2. The second-order valence-electron chi connectivity index (χ2n) is 7.45. The summed E-state index contributed by atoms with van der Waals surface area (Å²) in [7, 11) is 0. The number of halogens is 2. The number of Topliss-reactive ketones (excluding diaryl/α,β-unsaturated/α-hetero) is 1. The fourth-order valence-electron chi connectivity index (χ4n) is 3.95. The first-order valence-electron chi connectivity index (χ1n) is 9.60. The molecule has 3 aliphatic rings. The second kappa shape index (κ2) is 7.65. The minimum absolute atomic E-state index is 0.148. The van der Waals surface area contributed by atoms with Crippen LogP contribution in [0.5, 0.6) is 11.5 Å². The van der Waals surface area contributed by atoms with Crippen molar-refractivity contribution in [2.45, 2.75) is 25.5 Å². The van der Waals surface area contributed by atoms with Gasteiger partial charge in [0.2, 0.25) is 5.78 Å². The lowest BCUT2D eigenvalue weighted by Gasteiger charge is -2.31. The molecule has 5 nitrogen and oxygen atoms in total. The highest BCUT2D eigenvalue weighted by Crippen LogP contribution is 2.42. The zero-order valence-electron chi connectivity index (χ0n) is 15.6. The quantitative estimate of drug-likeness (QED) is 0.643. The Bertz CT molecular complexity index is 1010. The number of hydrogen-bond donors (Lipinski definition) is 0. The molecule has 0 N–H and O–H groups in total. The normalized spacial score (nSPS) is 22.3. The average molecular weight is 432 g/mol. The van der Waals surface area contributed by atoms with Gasteiger partial charge in [-0.05, 0) is 48.7 Å². The molecule has 1 saturated heterocycles. The molecule has 5 rings (SSSR count). The first-order valence-corrected chi connectivity index (χ1v) is 10.4. The Morgan fingerprint density at radius 1 is 1.17 bits per heavy atom. The monoisotopic (exact) mass is 431 g/mol. The van der Waals surface area contributed by atoms with Crippen LogP contribution in [0.3, 0.4) is 0 Å². The lowest BCUT2D eigenvalue weighted by molar-refractivity contribution is 0.0274. The Morgan fingerprint density at radius 3 is 2.86 bits per heavy atom. The molecule has 0 bridgehead atoms. The smallest absolute Gasteiger partial charge is 0.231 e. The van der Waals surface area contributed by atoms with Crippen molar-refractivity contribution in [3.63, 3.8) is 0 Å². The van der Waals surface area contributed by atoms with E-state index >= 15 is 0 Å². The molecule has 0 amide bonds. The molecular weight excluding hydrogens is 413 g/mol. The van der Waals surface area contributed by atoms with Gasteiger partial charge in [0, 0.05) is 19.7 Å². The number of fused-ring (bicyclic) bond motifs is 3. The van der Waals surface area contributed by atoms with Gasteiger partial charge in [0.15, 0.2) is 5.76 Å². The lowest BCUT2D eigenvalue weighted by Crippen LogP contribution is -2.37. The molecule has 150 valence electrons. The molecule has 0 aromatic heterocycles. The van der Waals surface area contributed by atoms with E-state index in [2.05, 4.69) is 4.90 Å². The van der Waals surface area contributed by atoms with Crippen LogP contribution in [0.2, 0.25) is 10.0 Å². The van der Waals surface area contributed by atoms with Crippen molar-refractivity contribution >= 4 is 35.1 Å².